The van der Waals surface area contributed by atoms with E-state index in [4.69, 9.17) is 14.2 Å². The van der Waals surface area contributed by atoms with Gasteiger partial charge in [-0.05, 0) is 36.4 Å². The number of hydrogen-bond acceptors (Lipinski definition) is 6. The summed E-state index contributed by atoms with van der Waals surface area (Å²) in [6.45, 7) is 0.252. The number of methoxy groups -OCH3 is 3. The zero-order valence-electron chi connectivity index (χ0n) is 20.2. The molecule has 4 rings (SSSR count). The Hall–Kier alpha value is -4.53. The van der Waals surface area contributed by atoms with Gasteiger partial charge in [0.25, 0.3) is 5.91 Å². The molecule has 0 aliphatic carbocycles. The second-order valence-electron chi connectivity index (χ2n) is 8.17. The molecule has 1 heterocycles. The average molecular weight is 490 g/mol. The van der Waals surface area contributed by atoms with Crippen LogP contribution in [-0.2, 0) is 9.59 Å². The van der Waals surface area contributed by atoms with Gasteiger partial charge in [-0.15, -0.1) is 0 Å². The normalized spacial score (nSPS) is 14.8. The van der Waals surface area contributed by atoms with Crippen molar-refractivity contribution in [1.29, 1.82) is 0 Å². The summed E-state index contributed by atoms with van der Waals surface area (Å²) in [7, 11) is 4.50. The van der Waals surface area contributed by atoms with Gasteiger partial charge in [0, 0.05) is 36.3 Å². The third kappa shape index (κ3) is 5.25. The lowest BCUT2D eigenvalue weighted by atomic mass is 10.1. The lowest BCUT2D eigenvalue weighted by Crippen LogP contribution is -2.28. The van der Waals surface area contributed by atoms with Crippen molar-refractivity contribution in [2.75, 3.05) is 43.4 Å². The lowest BCUT2D eigenvalue weighted by Gasteiger charge is -2.18. The molecule has 1 atom stereocenters. The van der Waals surface area contributed by atoms with E-state index in [2.05, 4.69) is 10.6 Å². The van der Waals surface area contributed by atoms with Crippen LogP contribution in [0.5, 0.6) is 17.2 Å². The van der Waals surface area contributed by atoms with Crippen LogP contribution in [0.25, 0.3) is 0 Å². The summed E-state index contributed by atoms with van der Waals surface area (Å²) in [5.74, 6) is 0.0546. The molecule has 0 bridgehead atoms. The van der Waals surface area contributed by atoms with Gasteiger partial charge in [-0.2, -0.15) is 0 Å². The van der Waals surface area contributed by atoms with Gasteiger partial charge in [-0.25, -0.2) is 0 Å². The molecule has 1 fully saturated rings. The fourth-order valence-corrected chi connectivity index (χ4v) is 4.01. The summed E-state index contributed by atoms with van der Waals surface area (Å²) in [4.78, 5) is 39.9. The molecule has 0 spiro atoms. The second kappa shape index (κ2) is 10.8. The highest BCUT2D eigenvalue weighted by molar-refractivity contribution is 6.06. The van der Waals surface area contributed by atoms with E-state index >= 15 is 0 Å². The highest BCUT2D eigenvalue weighted by atomic mass is 16.5. The molecule has 0 aromatic heterocycles. The van der Waals surface area contributed by atoms with Gasteiger partial charge in [0.2, 0.25) is 11.8 Å². The Balaban J connectivity index is 1.49. The molecular formula is C27H27N3O6. The molecule has 0 radical (unpaired) electrons. The van der Waals surface area contributed by atoms with Crippen LogP contribution in [0.1, 0.15) is 16.8 Å². The molecule has 1 saturated heterocycles. The molecule has 9 nitrogen and oxygen atoms in total. The second-order valence-corrected chi connectivity index (χ2v) is 8.17. The van der Waals surface area contributed by atoms with E-state index in [1.165, 1.54) is 14.2 Å². The molecular weight excluding hydrogens is 462 g/mol. The van der Waals surface area contributed by atoms with Crippen molar-refractivity contribution in [2.24, 2.45) is 5.92 Å². The smallest absolute Gasteiger partial charge is 0.255 e. The number of hydrogen-bond donors (Lipinski definition) is 2. The summed E-state index contributed by atoms with van der Waals surface area (Å²) in [5, 5.41) is 5.65. The third-order valence-electron chi connectivity index (χ3n) is 5.94. The molecule has 9 heteroatoms. The first-order valence-electron chi connectivity index (χ1n) is 11.3. The summed E-state index contributed by atoms with van der Waals surface area (Å²) in [6, 6.07) is 19.0. The summed E-state index contributed by atoms with van der Waals surface area (Å²) < 4.78 is 16.1. The summed E-state index contributed by atoms with van der Waals surface area (Å²) in [6.07, 6.45) is 0.0858. The first-order valence-corrected chi connectivity index (χ1v) is 11.3. The van der Waals surface area contributed by atoms with Crippen LogP contribution in [0.2, 0.25) is 0 Å². The van der Waals surface area contributed by atoms with Crippen molar-refractivity contribution < 1.29 is 28.6 Å². The van der Waals surface area contributed by atoms with Gasteiger partial charge >= 0.3 is 0 Å². The first kappa shape index (κ1) is 24.6. The van der Waals surface area contributed by atoms with Crippen molar-refractivity contribution in [2.45, 2.75) is 6.42 Å². The monoisotopic (exact) mass is 489 g/mol. The van der Waals surface area contributed by atoms with E-state index in [0.717, 1.165) is 0 Å². The maximum absolute atomic E-state index is 13.1. The van der Waals surface area contributed by atoms with Gasteiger partial charge in [-0.3, -0.25) is 14.4 Å². The van der Waals surface area contributed by atoms with Crippen molar-refractivity contribution >= 4 is 34.8 Å². The quantitative estimate of drug-likeness (QED) is 0.496. The van der Waals surface area contributed by atoms with Crippen LogP contribution >= 0.6 is 0 Å². The van der Waals surface area contributed by atoms with Crippen LogP contribution in [0, 0.1) is 5.92 Å². The Labute approximate surface area is 209 Å². The predicted octanol–water partition coefficient (Wildman–Crippen LogP) is 3.96. The Kier molecular flexibility index (Phi) is 7.39. The van der Waals surface area contributed by atoms with E-state index in [0.29, 0.717) is 39.9 Å². The maximum atomic E-state index is 13.1. The van der Waals surface area contributed by atoms with E-state index < -0.39 is 5.92 Å². The highest BCUT2D eigenvalue weighted by Crippen LogP contribution is 2.37. The van der Waals surface area contributed by atoms with Crippen molar-refractivity contribution in [3.8, 4) is 17.2 Å². The SMILES string of the molecule is COc1ccc(N2C[C@H](C(=O)Nc3cc(OC)c(NC(=O)c4ccccc4)cc3OC)CC2=O)cc1. The standard InChI is InChI=1S/C27H27N3O6/c1-34-20-11-9-19(10-12-20)30-16-18(13-25(30)31)27(33)29-22-15-23(35-2)21(14-24(22)36-3)28-26(32)17-7-5-4-6-8-17/h4-12,14-15,18H,13,16H2,1-3H3,(H,28,32)(H,29,33)/t18-/m1/s1. The van der Waals surface area contributed by atoms with E-state index in [1.54, 1.807) is 72.7 Å². The number of nitrogens with zero attached hydrogens (tertiary/aromatic N) is 1. The first-order chi connectivity index (χ1) is 17.4. The molecule has 3 aromatic carbocycles. The molecule has 1 aliphatic heterocycles. The van der Waals surface area contributed by atoms with E-state index in [9.17, 15) is 14.4 Å². The average Bonchev–Trinajstić information content (AvgIpc) is 3.31. The topological polar surface area (TPSA) is 106 Å². The number of carbonyl (C=O) groups is 3. The van der Waals surface area contributed by atoms with Crippen molar-refractivity contribution in [3.63, 3.8) is 0 Å². The number of rotatable bonds is 8. The van der Waals surface area contributed by atoms with Crippen molar-refractivity contribution in [1.82, 2.24) is 0 Å². The summed E-state index contributed by atoms with van der Waals surface area (Å²) >= 11 is 0. The molecule has 1 aliphatic rings. The number of benzene rings is 3. The molecule has 0 saturated carbocycles. The van der Waals surface area contributed by atoms with E-state index in [-0.39, 0.29) is 30.7 Å². The minimum Gasteiger partial charge on any atom is -0.497 e. The van der Waals surface area contributed by atoms with Gasteiger partial charge in [0.05, 0.1) is 38.6 Å². The van der Waals surface area contributed by atoms with Crippen LogP contribution in [0.3, 0.4) is 0 Å². The largest absolute Gasteiger partial charge is 0.497 e. The fraction of sp³-hybridized carbons (Fsp3) is 0.222. The lowest BCUT2D eigenvalue weighted by molar-refractivity contribution is -0.122. The van der Waals surface area contributed by atoms with Crippen LogP contribution in [-0.4, -0.2) is 45.6 Å². The van der Waals surface area contributed by atoms with Gasteiger partial charge in [-0.1, -0.05) is 18.2 Å². The van der Waals surface area contributed by atoms with Gasteiger partial charge in [0.1, 0.15) is 17.2 Å². The van der Waals surface area contributed by atoms with Crippen LogP contribution in [0.4, 0.5) is 17.1 Å². The fourth-order valence-electron chi connectivity index (χ4n) is 4.01. The highest BCUT2D eigenvalue weighted by Gasteiger charge is 2.35. The summed E-state index contributed by atoms with van der Waals surface area (Å²) in [5.41, 5.74) is 1.95. The molecule has 3 amide bonds. The molecule has 36 heavy (non-hydrogen) atoms. The molecule has 0 unspecified atom stereocenters. The number of nitrogens with one attached hydrogen (secondary N) is 2. The van der Waals surface area contributed by atoms with Gasteiger partial charge in [0.15, 0.2) is 0 Å². The van der Waals surface area contributed by atoms with Gasteiger partial charge < -0.3 is 29.7 Å². The predicted molar refractivity (Wildman–Crippen MR) is 136 cm³/mol. The number of carbonyl (C=O) groups excluding carboxylic acids is 3. The zero-order valence-corrected chi connectivity index (χ0v) is 20.2. The minimum atomic E-state index is -0.548. The molecule has 3 aromatic rings. The molecule has 2 N–H and O–H groups in total. The Morgan fingerprint density at radius 1 is 0.833 bits per heavy atom. The van der Waals surface area contributed by atoms with Crippen molar-refractivity contribution in [3.05, 3.63) is 72.3 Å². The number of amides is 3. The van der Waals surface area contributed by atoms with Crippen LogP contribution in [0.15, 0.2) is 66.7 Å². The Bertz CT molecular complexity index is 1260. The Morgan fingerprint density at radius 3 is 2.03 bits per heavy atom. The third-order valence-corrected chi connectivity index (χ3v) is 5.94. The van der Waals surface area contributed by atoms with Crippen LogP contribution < -0.4 is 29.7 Å². The Morgan fingerprint density at radius 2 is 1.44 bits per heavy atom. The van der Waals surface area contributed by atoms with E-state index in [1.807, 2.05) is 6.07 Å². The number of ether oxygens (including phenoxy) is 3. The zero-order chi connectivity index (χ0) is 25.7. The number of anilines is 3. The maximum Gasteiger partial charge on any atom is 0.255 e. The molecule has 186 valence electrons. The minimum absolute atomic E-state index is 0.0858.